The SMILES string of the molecule is CN1CCC/C1=N\c1ncnc2c1ncn2[C@H]1C[C@H](O[Si](c2ccccc2)c2ccc(C(C)(C)C)cc2)[C@@H](CCP(C)(=O)NO[Cl+2]([O-])[O-])O1. The van der Waals surface area contributed by atoms with Crippen LogP contribution in [0.3, 0.4) is 0 Å². The van der Waals surface area contributed by atoms with Crippen LogP contribution in [0.15, 0.2) is 72.2 Å². The molecule has 261 valence electrons. The first-order valence-electron chi connectivity index (χ1n) is 16.3. The molecule has 1 unspecified atom stereocenters. The van der Waals surface area contributed by atoms with E-state index >= 15 is 0 Å². The maximum Gasteiger partial charge on any atom is 0.312 e. The summed E-state index contributed by atoms with van der Waals surface area (Å²) in [5, 5.41) is 4.39. The van der Waals surface area contributed by atoms with Gasteiger partial charge in [-0.25, -0.2) is 19.9 Å². The zero-order chi connectivity index (χ0) is 34.8. The first-order chi connectivity index (χ1) is 23.4. The van der Waals surface area contributed by atoms with Crippen molar-refractivity contribution in [2.75, 3.05) is 26.4 Å². The first-order valence-corrected chi connectivity index (χ1v) is 20.9. The van der Waals surface area contributed by atoms with Crippen molar-refractivity contribution in [1.82, 2.24) is 29.7 Å². The minimum Gasteiger partial charge on any atom is -0.401 e. The zero-order valence-electron chi connectivity index (χ0n) is 28.3. The lowest BCUT2D eigenvalue weighted by Gasteiger charge is -2.26. The van der Waals surface area contributed by atoms with Gasteiger partial charge in [-0.05, 0) is 39.4 Å². The van der Waals surface area contributed by atoms with Gasteiger partial charge in [0.2, 0.25) is 0 Å². The minimum absolute atomic E-state index is 0.0104. The number of hydrogen-bond acceptors (Lipinski definition) is 10. The van der Waals surface area contributed by atoms with E-state index in [1.54, 1.807) is 6.33 Å². The van der Waals surface area contributed by atoms with Gasteiger partial charge in [0, 0.05) is 39.3 Å². The summed E-state index contributed by atoms with van der Waals surface area (Å²) in [6.45, 7) is 8.97. The number of imidazole rings is 1. The lowest BCUT2D eigenvalue weighted by molar-refractivity contribution is -1.63. The smallest absolute Gasteiger partial charge is 0.312 e. The molecule has 1 radical (unpaired) electrons. The van der Waals surface area contributed by atoms with Crippen molar-refractivity contribution < 1.29 is 38.2 Å². The molecule has 2 aliphatic heterocycles. The summed E-state index contributed by atoms with van der Waals surface area (Å²) in [4.78, 5) is 20.6. The predicted octanol–water partition coefficient (Wildman–Crippen LogP) is 2.26. The predicted molar refractivity (Wildman–Crippen MR) is 182 cm³/mol. The fraction of sp³-hybridized carbons (Fsp3) is 0.455. The van der Waals surface area contributed by atoms with Crippen LogP contribution in [-0.2, 0) is 23.5 Å². The quantitative estimate of drug-likeness (QED) is 0.130. The highest BCUT2D eigenvalue weighted by Gasteiger charge is 2.41. The highest BCUT2D eigenvalue weighted by molar-refractivity contribution is 7.60. The third kappa shape index (κ3) is 8.65. The second-order valence-electron chi connectivity index (χ2n) is 13.6. The lowest BCUT2D eigenvalue weighted by atomic mass is 9.87. The fourth-order valence-corrected chi connectivity index (χ4v) is 9.90. The summed E-state index contributed by atoms with van der Waals surface area (Å²) in [6, 6.07) is 18.8. The summed E-state index contributed by atoms with van der Waals surface area (Å²) >= 11 is 0. The zero-order valence-corrected chi connectivity index (χ0v) is 30.9. The molecule has 4 aromatic rings. The van der Waals surface area contributed by atoms with Crippen molar-refractivity contribution in [3.8, 4) is 0 Å². The molecular formula is C33H42ClN7O6PSi. The van der Waals surface area contributed by atoms with Gasteiger partial charge in [-0.1, -0.05) is 75.4 Å². The normalized spacial score (nSPS) is 22.2. The largest absolute Gasteiger partial charge is 0.401 e. The van der Waals surface area contributed by atoms with Gasteiger partial charge >= 0.3 is 10.8 Å². The molecule has 13 nitrogen and oxygen atoms in total. The average molecular weight is 727 g/mol. The van der Waals surface area contributed by atoms with E-state index in [0.717, 1.165) is 35.6 Å². The Hall–Kier alpha value is -3.04. The third-order valence-corrected chi connectivity index (χ3v) is 13.0. The van der Waals surface area contributed by atoms with E-state index in [1.165, 1.54) is 18.6 Å². The maximum atomic E-state index is 13.2. The number of halogens is 1. The molecule has 0 amide bonds. The van der Waals surface area contributed by atoms with Crippen LogP contribution in [0.25, 0.3) is 11.2 Å². The molecule has 0 spiro atoms. The molecule has 4 atom stereocenters. The van der Waals surface area contributed by atoms with Crippen LogP contribution in [0.5, 0.6) is 0 Å². The summed E-state index contributed by atoms with van der Waals surface area (Å²) in [7, 11) is -5.43. The summed E-state index contributed by atoms with van der Waals surface area (Å²) in [5.74, 6) is 1.48. The number of ether oxygens (including phenoxy) is 1. The van der Waals surface area contributed by atoms with E-state index in [-0.39, 0.29) is 17.7 Å². The highest BCUT2D eigenvalue weighted by atomic mass is 35.6. The molecule has 2 aromatic heterocycles. The average Bonchev–Trinajstić information content (AvgIpc) is 3.80. The number of amidine groups is 1. The van der Waals surface area contributed by atoms with E-state index in [2.05, 4.69) is 86.7 Å². The van der Waals surface area contributed by atoms with Gasteiger partial charge in [0.25, 0.3) is 9.04 Å². The van der Waals surface area contributed by atoms with Gasteiger partial charge in [-0.3, -0.25) is 4.57 Å². The van der Waals surface area contributed by atoms with Crippen molar-refractivity contribution in [2.24, 2.45) is 4.99 Å². The fourth-order valence-electron chi connectivity index (χ4n) is 6.13. The molecule has 6 rings (SSSR count). The monoisotopic (exact) mass is 726 g/mol. The number of fused-ring (bicyclic) bond motifs is 1. The first kappa shape index (κ1) is 35.8. The molecule has 2 aromatic carbocycles. The number of benzene rings is 2. The van der Waals surface area contributed by atoms with Gasteiger partial charge in [0.15, 0.2) is 24.3 Å². The topological polar surface area (TPSA) is 162 Å². The number of rotatable bonds is 12. The van der Waals surface area contributed by atoms with Crippen molar-refractivity contribution >= 4 is 49.5 Å². The maximum absolute atomic E-state index is 13.2. The Morgan fingerprint density at radius 3 is 2.51 bits per heavy atom. The minimum atomic E-state index is -3.20. The van der Waals surface area contributed by atoms with E-state index in [1.807, 2.05) is 29.8 Å². The van der Waals surface area contributed by atoms with Crippen molar-refractivity contribution in [1.29, 1.82) is 0 Å². The van der Waals surface area contributed by atoms with Crippen LogP contribution < -0.4 is 24.9 Å². The number of nitrogens with one attached hydrogen (secondary N) is 1. The van der Waals surface area contributed by atoms with Crippen LogP contribution >= 0.6 is 7.29 Å². The van der Waals surface area contributed by atoms with Gasteiger partial charge < -0.3 is 27.9 Å². The molecule has 49 heavy (non-hydrogen) atoms. The Kier molecular flexibility index (Phi) is 11.0. The van der Waals surface area contributed by atoms with Gasteiger partial charge in [-0.2, -0.15) is 0 Å². The second kappa shape index (κ2) is 15.1. The van der Waals surface area contributed by atoms with Gasteiger partial charge in [0.1, 0.15) is 22.8 Å². The number of nitrogens with zero attached hydrogens (tertiary/aromatic N) is 6. The van der Waals surface area contributed by atoms with Crippen LogP contribution in [0, 0.1) is 10.8 Å². The van der Waals surface area contributed by atoms with Gasteiger partial charge in [0.05, 0.1) is 18.5 Å². The Morgan fingerprint density at radius 2 is 1.84 bits per heavy atom. The number of likely N-dealkylation sites (tertiary alicyclic amines) is 1. The van der Waals surface area contributed by atoms with Crippen LogP contribution in [0.1, 0.15) is 58.2 Å². The van der Waals surface area contributed by atoms with Crippen LogP contribution in [0.4, 0.5) is 5.82 Å². The molecule has 2 fully saturated rings. The van der Waals surface area contributed by atoms with Crippen molar-refractivity contribution in [2.45, 2.75) is 70.3 Å². The Labute approximate surface area is 291 Å². The number of aromatic nitrogens is 4. The Bertz CT molecular complexity index is 1810. The number of hydrogen-bond donors (Lipinski definition) is 1. The molecule has 2 saturated heterocycles. The molecule has 0 saturated carbocycles. The third-order valence-electron chi connectivity index (χ3n) is 8.85. The van der Waals surface area contributed by atoms with E-state index in [9.17, 15) is 13.9 Å². The number of aliphatic imine (C=N–C) groups is 1. The second-order valence-corrected chi connectivity index (χ2v) is 19.0. The summed E-state index contributed by atoms with van der Waals surface area (Å²) in [5.41, 5.74) is 2.42. The highest BCUT2D eigenvalue weighted by Crippen LogP contribution is 2.41. The molecule has 16 heteroatoms. The molecular weight excluding hydrogens is 685 g/mol. The van der Waals surface area contributed by atoms with Gasteiger partial charge in [-0.15, -0.1) is 0 Å². The van der Waals surface area contributed by atoms with Crippen molar-refractivity contribution in [3.63, 3.8) is 0 Å². The molecule has 0 aliphatic carbocycles. The van der Waals surface area contributed by atoms with Crippen molar-refractivity contribution in [3.05, 3.63) is 72.8 Å². The standard InChI is InChI=1S/C33H42ClN7O6PSi/c1-33(2,3)23-13-15-25(16-14-23)49(24-10-7-6-8-11-24)46-27-20-29(45-26(27)17-19-48(5,44)39-47-34(42)43)41-22-37-30-31(35-21-36-32(30)41)38-28-12-9-18-40(28)4/h6-8,10-11,13-16,21-22,26-27,29H,9,12,17-20H2,1-5H3,(H,39,44)/b38-28+/t26-,27+,29-,48?/m1/s1. The molecule has 1 N–H and O–H groups in total. The molecule has 4 heterocycles. The van der Waals surface area contributed by atoms with E-state index < -0.39 is 39.4 Å². The Morgan fingerprint density at radius 1 is 1.10 bits per heavy atom. The van der Waals surface area contributed by atoms with E-state index in [4.69, 9.17) is 14.2 Å². The van der Waals surface area contributed by atoms with E-state index in [0.29, 0.717) is 29.8 Å². The summed E-state index contributed by atoms with van der Waals surface area (Å²) in [6.07, 6.45) is 4.69. The Balaban J connectivity index is 1.31. The molecule has 0 bridgehead atoms. The summed E-state index contributed by atoms with van der Waals surface area (Å²) < 4.78 is 55.1. The molecule has 2 aliphatic rings. The lowest BCUT2D eigenvalue weighted by Crippen LogP contribution is -2.48. The van der Waals surface area contributed by atoms with Crippen LogP contribution in [0.2, 0.25) is 0 Å². The van der Waals surface area contributed by atoms with Crippen LogP contribution in [-0.4, -0.2) is 77.9 Å².